The highest BCUT2D eigenvalue weighted by molar-refractivity contribution is 5.78. The van der Waals surface area contributed by atoms with Crippen molar-refractivity contribution in [3.63, 3.8) is 0 Å². The summed E-state index contributed by atoms with van der Waals surface area (Å²) in [6.45, 7) is 6.14. The summed E-state index contributed by atoms with van der Waals surface area (Å²) in [5.74, 6) is 1.79. The van der Waals surface area contributed by atoms with Crippen LogP contribution in [-0.2, 0) is 16.1 Å². The van der Waals surface area contributed by atoms with Crippen LogP contribution in [0, 0.1) is 0 Å². The Kier molecular flexibility index (Phi) is 5.79. The van der Waals surface area contributed by atoms with Crippen LogP contribution >= 0.6 is 0 Å². The number of aromatic nitrogens is 3. The molecule has 4 rings (SSSR count). The molecule has 2 aliphatic heterocycles. The quantitative estimate of drug-likeness (QED) is 0.796. The minimum Gasteiger partial charge on any atom is -0.379 e. The van der Waals surface area contributed by atoms with E-state index < -0.39 is 0 Å². The molecule has 0 aromatic carbocycles. The van der Waals surface area contributed by atoms with Crippen molar-refractivity contribution in [1.29, 1.82) is 0 Å². The number of hydrogen-bond donors (Lipinski definition) is 0. The van der Waals surface area contributed by atoms with Gasteiger partial charge in [-0.05, 0) is 30.5 Å². The van der Waals surface area contributed by atoms with Crippen LogP contribution in [0.5, 0.6) is 0 Å². The molecule has 0 atom stereocenters. The number of piperidine rings is 1. The van der Waals surface area contributed by atoms with Crippen LogP contribution in [-0.4, -0.2) is 76.2 Å². The van der Waals surface area contributed by atoms with Crippen LogP contribution in [0.4, 0.5) is 0 Å². The lowest BCUT2D eigenvalue weighted by Gasteiger charge is -2.34. The summed E-state index contributed by atoms with van der Waals surface area (Å²) in [5.41, 5.74) is 1.22. The van der Waals surface area contributed by atoms with E-state index in [4.69, 9.17) is 4.74 Å². The normalized spacial score (nSPS) is 19.3. The van der Waals surface area contributed by atoms with Gasteiger partial charge >= 0.3 is 0 Å². The van der Waals surface area contributed by atoms with E-state index in [0.29, 0.717) is 12.5 Å². The fraction of sp³-hybridized carbons (Fsp3) is 0.550. The summed E-state index contributed by atoms with van der Waals surface area (Å²) in [6, 6.07) is 4.08. The van der Waals surface area contributed by atoms with Gasteiger partial charge in [-0.15, -0.1) is 0 Å². The number of imidazole rings is 1. The molecule has 4 heterocycles. The molecule has 2 aromatic heterocycles. The highest BCUT2D eigenvalue weighted by atomic mass is 16.5. The second kappa shape index (κ2) is 8.63. The van der Waals surface area contributed by atoms with Gasteiger partial charge in [0, 0.05) is 63.4 Å². The Bertz CT molecular complexity index is 734. The molecule has 0 saturated carbocycles. The van der Waals surface area contributed by atoms with Gasteiger partial charge in [-0.2, -0.15) is 0 Å². The monoisotopic (exact) mass is 369 g/mol. The topological polar surface area (TPSA) is 63.5 Å². The number of carbonyl (C=O) groups excluding carboxylic acids is 1. The van der Waals surface area contributed by atoms with Crippen molar-refractivity contribution in [1.82, 2.24) is 24.3 Å². The van der Waals surface area contributed by atoms with E-state index in [0.717, 1.165) is 64.6 Å². The lowest BCUT2D eigenvalue weighted by molar-refractivity contribution is -0.134. The number of nitrogens with zero attached hydrogens (tertiary/aromatic N) is 5. The highest BCUT2D eigenvalue weighted by Gasteiger charge is 2.27. The zero-order valence-corrected chi connectivity index (χ0v) is 15.7. The maximum atomic E-state index is 12.6. The molecular weight excluding hydrogens is 342 g/mol. The largest absolute Gasteiger partial charge is 0.379 e. The molecule has 2 aromatic rings. The molecule has 0 N–H and O–H groups in total. The van der Waals surface area contributed by atoms with Crippen LogP contribution in [0.3, 0.4) is 0 Å². The number of amides is 1. The van der Waals surface area contributed by atoms with Crippen LogP contribution in [0.2, 0.25) is 0 Å². The Labute approximate surface area is 160 Å². The Balaban J connectivity index is 1.32. The highest BCUT2D eigenvalue weighted by Crippen LogP contribution is 2.27. The molecule has 7 heteroatoms. The van der Waals surface area contributed by atoms with Gasteiger partial charge in [0.15, 0.2) is 0 Å². The molecular formula is C20H27N5O2. The molecule has 0 spiro atoms. The molecule has 0 aliphatic carbocycles. The summed E-state index contributed by atoms with van der Waals surface area (Å²) in [4.78, 5) is 25.5. The average molecular weight is 369 g/mol. The zero-order valence-electron chi connectivity index (χ0n) is 15.7. The number of ether oxygens (including phenoxy) is 1. The SMILES string of the molecule is O=C(CN1CCOCC1)N1CCC(c2nccn2Cc2ccncc2)CC1. The van der Waals surface area contributed by atoms with E-state index in [1.54, 1.807) is 0 Å². The second-order valence-corrected chi connectivity index (χ2v) is 7.31. The smallest absolute Gasteiger partial charge is 0.236 e. The van der Waals surface area contributed by atoms with Gasteiger partial charge in [0.25, 0.3) is 0 Å². The molecule has 0 radical (unpaired) electrons. The van der Waals surface area contributed by atoms with E-state index in [9.17, 15) is 4.79 Å². The molecule has 0 unspecified atom stereocenters. The summed E-state index contributed by atoms with van der Waals surface area (Å²) in [6.07, 6.45) is 9.53. The van der Waals surface area contributed by atoms with Gasteiger partial charge in [0.2, 0.25) is 5.91 Å². The van der Waals surface area contributed by atoms with Gasteiger partial charge < -0.3 is 14.2 Å². The van der Waals surface area contributed by atoms with E-state index in [-0.39, 0.29) is 5.91 Å². The van der Waals surface area contributed by atoms with Crippen LogP contribution in [0.25, 0.3) is 0 Å². The molecule has 2 saturated heterocycles. The first-order valence-corrected chi connectivity index (χ1v) is 9.77. The fourth-order valence-electron chi connectivity index (χ4n) is 3.94. The first-order valence-electron chi connectivity index (χ1n) is 9.77. The molecule has 0 bridgehead atoms. The van der Waals surface area contributed by atoms with Gasteiger partial charge in [-0.3, -0.25) is 14.7 Å². The van der Waals surface area contributed by atoms with Gasteiger partial charge in [0.1, 0.15) is 5.82 Å². The van der Waals surface area contributed by atoms with Crippen molar-refractivity contribution in [3.8, 4) is 0 Å². The lowest BCUT2D eigenvalue weighted by Crippen LogP contribution is -2.47. The summed E-state index contributed by atoms with van der Waals surface area (Å²) < 4.78 is 7.58. The summed E-state index contributed by atoms with van der Waals surface area (Å²) >= 11 is 0. The third kappa shape index (κ3) is 4.54. The van der Waals surface area contributed by atoms with Crippen molar-refractivity contribution in [2.45, 2.75) is 25.3 Å². The van der Waals surface area contributed by atoms with Crippen LogP contribution in [0.1, 0.15) is 30.1 Å². The first kappa shape index (κ1) is 18.1. The number of morpholine rings is 1. The third-order valence-electron chi connectivity index (χ3n) is 5.53. The third-order valence-corrected chi connectivity index (χ3v) is 5.53. The zero-order chi connectivity index (χ0) is 18.5. The van der Waals surface area contributed by atoms with E-state index in [2.05, 4.69) is 19.4 Å². The maximum absolute atomic E-state index is 12.6. The van der Waals surface area contributed by atoms with Crippen LogP contribution in [0.15, 0.2) is 36.9 Å². The minimum absolute atomic E-state index is 0.246. The lowest BCUT2D eigenvalue weighted by atomic mass is 9.95. The molecule has 27 heavy (non-hydrogen) atoms. The van der Waals surface area contributed by atoms with Crippen molar-refractivity contribution in [2.75, 3.05) is 45.9 Å². The first-order chi connectivity index (χ1) is 13.3. The van der Waals surface area contributed by atoms with Gasteiger partial charge in [0.05, 0.1) is 19.8 Å². The summed E-state index contributed by atoms with van der Waals surface area (Å²) in [7, 11) is 0. The van der Waals surface area contributed by atoms with Gasteiger partial charge in [-0.1, -0.05) is 0 Å². The predicted molar refractivity (Wildman–Crippen MR) is 101 cm³/mol. The van der Waals surface area contributed by atoms with Gasteiger partial charge in [-0.25, -0.2) is 4.98 Å². The Morgan fingerprint density at radius 2 is 1.81 bits per heavy atom. The Morgan fingerprint density at radius 3 is 2.56 bits per heavy atom. The number of hydrogen-bond acceptors (Lipinski definition) is 5. The molecule has 7 nitrogen and oxygen atoms in total. The van der Waals surface area contributed by atoms with E-state index in [1.807, 2.05) is 41.8 Å². The molecule has 2 aliphatic rings. The standard InChI is InChI=1S/C20H27N5O2/c26-19(16-23-11-13-27-14-12-23)24-8-3-18(4-9-24)20-22-7-10-25(20)15-17-1-5-21-6-2-17/h1-2,5-7,10,18H,3-4,8-9,11-16H2. The summed E-state index contributed by atoms with van der Waals surface area (Å²) in [5, 5.41) is 0. The van der Waals surface area contributed by atoms with Crippen molar-refractivity contribution in [3.05, 3.63) is 48.3 Å². The fourth-order valence-corrected chi connectivity index (χ4v) is 3.94. The van der Waals surface area contributed by atoms with Crippen molar-refractivity contribution in [2.24, 2.45) is 0 Å². The Hall–Kier alpha value is -2.25. The molecule has 144 valence electrons. The van der Waals surface area contributed by atoms with Crippen molar-refractivity contribution < 1.29 is 9.53 Å². The minimum atomic E-state index is 0.246. The Morgan fingerprint density at radius 1 is 1.07 bits per heavy atom. The van der Waals surface area contributed by atoms with Crippen LogP contribution < -0.4 is 0 Å². The van der Waals surface area contributed by atoms with Crippen molar-refractivity contribution >= 4 is 5.91 Å². The molecule has 2 fully saturated rings. The number of pyridine rings is 1. The number of likely N-dealkylation sites (tertiary alicyclic amines) is 1. The number of carbonyl (C=O) groups is 1. The average Bonchev–Trinajstić information content (AvgIpc) is 3.18. The predicted octanol–water partition coefficient (Wildman–Crippen LogP) is 1.36. The number of rotatable bonds is 5. The second-order valence-electron chi connectivity index (χ2n) is 7.31. The maximum Gasteiger partial charge on any atom is 0.236 e. The molecule has 1 amide bonds. The van der Waals surface area contributed by atoms with E-state index in [1.165, 1.54) is 5.56 Å². The van der Waals surface area contributed by atoms with E-state index >= 15 is 0 Å².